The standard InChI is InChI=1S/C19H28N4O3/c1-22(2)17(24)14-21-19(20-13-15-7-5-4-6-8-15)23-11-9-16(10-12-23)18(25)26-3/h4-8,16H,9-14H2,1-3H3,(H,20,21). The molecule has 0 spiro atoms. The van der Waals surface area contributed by atoms with Gasteiger partial charge in [0.05, 0.1) is 26.1 Å². The summed E-state index contributed by atoms with van der Waals surface area (Å²) >= 11 is 0. The lowest BCUT2D eigenvalue weighted by atomic mass is 9.97. The number of aliphatic imine (C=N–C) groups is 1. The zero-order valence-electron chi connectivity index (χ0n) is 15.8. The average molecular weight is 360 g/mol. The van der Waals surface area contributed by atoms with E-state index in [0.717, 1.165) is 18.4 Å². The van der Waals surface area contributed by atoms with Gasteiger partial charge >= 0.3 is 5.97 Å². The number of ether oxygens (including phenoxy) is 1. The third-order valence-electron chi connectivity index (χ3n) is 4.48. The lowest BCUT2D eigenvalue weighted by molar-refractivity contribution is -0.146. The molecule has 0 aromatic heterocycles. The molecule has 2 rings (SSSR count). The van der Waals surface area contributed by atoms with Crippen molar-refractivity contribution in [2.45, 2.75) is 19.4 Å². The molecule has 1 aliphatic rings. The predicted octanol–water partition coefficient (Wildman–Crippen LogP) is 1.11. The second kappa shape index (κ2) is 9.79. The maximum absolute atomic E-state index is 11.9. The number of piperidine rings is 1. The second-order valence-corrected chi connectivity index (χ2v) is 6.55. The Kier molecular flexibility index (Phi) is 7.44. The fourth-order valence-corrected chi connectivity index (χ4v) is 2.82. The van der Waals surface area contributed by atoms with E-state index in [2.05, 4.69) is 15.2 Å². The van der Waals surface area contributed by atoms with Crippen LogP contribution in [0.5, 0.6) is 0 Å². The monoisotopic (exact) mass is 360 g/mol. The lowest BCUT2D eigenvalue weighted by Crippen LogP contribution is -2.49. The van der Waals surface area contributed by atoms with Crippen molar-refractivity contribution in [1.29, 1.82) is 0 Å². The molecule has 0 radical (unpaired) electrons. The number of carbonyl (C=O) groups excluding carboxylic acids is 2. The second-order valence-electron chi connectivity index (χ2n) is 6.55. The molecule has 0 unspecified atom stereocenters. The van der Waals surface area contributed by atoms with Crippen LogP contribution in [0, 0.1) is 5.92 Å². The first-order valence-corrected chi connectivity index (χ1v) is 8.86. The number of likely N-dealkylation sites (N-methyl/N-ethyl adjacent to an activating group) is 1. The van der Waals surface area contributed by atoms with Gasteiger partial charge in [0.1, 0.15) is 0 Å². The van der Waals surface area contributed by atoms with Gasteiger partial charge in [-0.3, -0.25) is 9.59 Å². The molecule has 1 aromatic rings. The van der Waals surface area contributed by atoms with Crippen molar-refractivity contribution in [2.75, 3.05) is 40.8 Å². The molecule has 1 N–H and O–H groups in total. The molecule has 26 heavy (non-hydrogen) atoms. The molecule has 142 valence electrons. The predicted molar refractivity (Wildman–Crippen MR) is 101 cm³/mol. The van der Waals surface area contributed by atoms with Gasteiger partial charge in [-0.05, 0) is 18.4 Å². The van der Waals surface area contributed by atoms with E-state index in [-0.39, 0.29) is 24.3 Å². The number of benzene rings is 1. The molecule has 1 heterocycles. The Morgan fingerprint density at radius 1 is 1.23 bits per heavy atom. The number of hydrogen-bond donors (Lipinski definition) is 1. The Balaban J connectivity index is 2.03. The highest BCUT2D eigenvalue weighted by Crippen LogP contribution is 2.18. The molecule has 7 heteroatoms. The van der Waals surface area contributed by atoms with E-state index in [9.17, 15) is 9.59 Å². The quantitative estimate of drug-likeness (QED) is 0.484. The number of guanidine groups is 1. The first-order chi connectivity index (χ1) is 12.5. The maximum atomic E-state index is 11.9. The van der Waals surface area contributed by atoms with Gasteiger partial charge in [0.2, 0.25) is 5.91 Å². The maximum Gasteiger partial charge on any atom is 0.308 e. The number of nitrogens with zero attached hydrogens (tertiary/aromatic N) is 3. The van der Waals surface area contributed by atoms with Crippen molar-refractivity contribution < 1.29 is 14.3 Å². The zero-order valence-corrected chi connectivity index (χ0v) is 15.8. The van der Waals surface area contributed by atoms with Gasteiger partial charge in [-0.15, -0.1) is 0 Å². The molecule has 1 aliphatic heterocycles. The van der Waals surface area contributed by atoms with Crippen LogP contribution in [-0.4, -0.2) is 68.5 Å². The molecule has 0 saturated carbocycles. The van der Waals surface area contributed by atoms with Crippen molar-refractivity contribution in [1.82, 2.24) is 15.1 Å². The van der Waals surface area contributed by atoms with Crippen molar-refractivity contribution in [3.63, 3.8) is 0 Å². The number of amides is 1. The summed E-state index contributed by atoms with van der Waals surface area (Å²) < 4.78 is 4.84. The van der Waals surface area contributed by atoms with Crippen LogP contribution < -0.4 is 5.32 Å². The average Bonchev–Trinajstić information content (AvgIpc) is 2.68. The van der Waals surface area contributed by atoms with Crippen LogP contribution in [0.15, 0.2) is 35.3 Å². The van der Waals surface area contributed by atoms with Crippen molar-refractivity contribution >= 4 is 17.8 Å². The number of carbonyl (C=O) groups is 2. The summed E-state index contributed by atoms with van der Waals surface area (Å²) in [6, 6.07) is 9.98. The lowest BCUT2D eigenvalue weighted by Gasteiger charge is -2.33. The number of nitrogens with one attached hydrogen (secondary N) is 1. The van der Waals surface area contributed by atoms with Crippen LogP contribution in [0.4, 0.5) is 0 Å². The molecular formula is C19H28N4O3. The van der Waals surface area contributed by atoms with Crippen LogP contribution >= 0.6 is 0 Å². The van der Waals surface area contributed by atoms with Gasteiger partial charge in [-0.2, -0.15) is 0 Å². The van der Waals surface area contributed by atoms with E-state index in [0.29, 0.717) is 25.6 Å². The number of esters is 1. The summed E-state index contributed by atoms with van der Waals surface area (Å²) in [5.74, 6) is 0.479. The van der Waals surface area contributed by atoms with Crippen LogP contribution in [0.1, 0.15) is 18.4 Å². The van der Waals surface area contributed by atoms with Crippen molar-refractivity contribution in [2.24, 2.45) is 10.9 Å². The summed E-state index contributed by atoms with van der Waals surface area (Å²) in [5, 5.41) is 3.17. The fourth-order valence-electron chi connectivity index (χ4n) is 2.82. The zero-order chi connectivity index (χ0) is 18.9. The molecule has 0 aliphatic carbocycles. The Bertz CT molecular complexity index is 623. The minimum Gasteiger partial charge on any atom is -0.469 e. The molecule has 0 atom stereocenters. The molecule has 1 saturated heterocycles. The number of rotatable bonds is 5. The largest absolute Gasteiger partial charge is 0.469 e. The minimum absolute atomic E-state index is 0.0122. The summed E-state index contributed by atoms with van der Waals surface area (Å²) in [6.07, 6.45) is 1.45. The van der Waals surface area contributed by atoms with Crippen LogP contribution in [0.25, 0.3) is 0 Å². The van der Waals surface area contributed by atoms with Crippen LogP contribution in [0.2, 0.25) is 0 Å². The molecule has 1 fully saturated rings. The SMILES string of the molecule is COC(=O)C1CCN(C(=NCc2ccccc2)NCC(=O)N(C)C)CC1. The topological polar surface area (TPSA) is 74.2 Å². The van der Waals surface area contributed by atoms with Crippen molar-refractivity contribution in [3.8, 4) is 0 Å². The molecular weight excluding hydrogens is 332 g/mol. The summed E-state index contributed by atoms with van der Waals surface area (Å²) in [7, 11) is 4.88. The first-order valence-electron chi connectivity index (χ1n) is 8.86. The van der Waals surface area contributed by atoms with E-state index >= 15 is 0 Å². The third kappa shape index (κ3) is 5.75. The highest BCUT2D eigenvalue weighted by Gasteiger charge is 2.27. The minimum atomic E-state index is -0.150. The molecule has 1 amide bonds. The summed E-state index contributed by atoms with van der Waals surface area (Å²) in [5.41, 5.74) is 1.11. The summed E-state index contributed by atoms with van der Waals surface area (Å²) in [4.78, 5) is 32.0. The Hall–Kier alpha value is -2.57. The first kappa shape index (κ1) is 19.8. The highest BCUT2D eigenvalue weighted by atomic mass is 16.5. The number of likely N-dealkylation sites (tertiary alicyclic amines) is 1. The van der Waals surface area contributed by atoms with Crippen molar-refractivity contribution in [3.05, 3.63) is 35.9 Å². The van der Waals surface area contributed by atoms with E-state index < -0.39 is 0 Å². The van der Waals surface area contributed by atoms with E-state index in [1.807, 2.05) is 30.3 Å². The smallest absolute Gasteiger partial charge is 0.308 e. The van der Waals surface area contributed by atoms with Gasteiger partial charge in [0.25, 0.3) is 0 Å². The van der Waals surface area contributed by atoms with Gasteiger partial charge in [0, 0.05) is 27.2 Å². The molecule has 0 bridgehead atoms. The normalized spacial score (nSPS) is 15.5. The van der Waals surface area contributed by atoms with Crippen LogP contribution in [0.3, 0.4) is 0 Å². The number of methoxy groups -OCH3 is 1. The Morgan fingerprint density at radius 3 is 2.46 bits per heavy atom. The summed E-state index contributed by atoms with van der Waals surface area (Å²) in [6.45, 7) is 2.14. The van der Waals surface area contributed by atoms with Gasteiger partial charge < -0.3 is 19.9 Å². The fraction of sp³-hybridized carbons (Fsp3) is 0.526. The van der Waals surface area contributed by atoms with Gasteiger partial charge in [-0.1, -0.05) is 30.3 Å². The molecule has 1 aromatic carbocycles. The van der Waals surface area contributed by atoms with E-state index in [1.54, 1.807) is 19.0 Å². The van der Waals surface area contributed by atoms with Gasteiger partial charge in [0.15, 0.2) is 5.96 Å². The Labute approximate surface area is 155 Å². The Morgan fingerprint density at radius 2 is 1.88 bits per heavy atom. The third-order valence-corrected chi connectivity index (χ3v) is 4.48. The molecule has 7 nitrogen and oxygen atoms in total. The highest BCUT2D eigenvalue weighted by molar-refractivity contribution is 5.86. The van der Waals surface area contributed by atoms with Gasteiger partial charge in [-0.25, -0.2) is 4.99 Å². The van der Waals surface area contributed by atoms with E-state index in [4.69, 9.17) is 4.74 Å². The van der Waals surface area contributed by atoms with Crippen LogP contribution in [-0.2, 0) is 20.9 Å². The number of hydrogen-bond acceptors (Lipinski definition) is 4. The van der Waals surface area contributed by atoms with E-state index in [1.165, 1.54) is 7.11 Å².